The number of benzene rings is 2. The van der Waals surface area contributed by atoms with E-state index in [0.717, 1.165) is 20.6 Å². The van der Waals surface area contributed by atoms with Gasteiger partial charge in [0.25, 0.3) is 0 Å². The molecule has 0 fully saturated rings. The van der Waals surface area contributed by atoms with Gasteiger partial charge in [0.2, 0.25) is 21.8 Å². The van der Waals surface area contributed by atoms with Crippen molar-refractivity contribution in [2.75, 3.05) is 37.9 Å². The van der Waals surface area contributed by atoms with Crippen LogP contribution in [-0.2, 0) is 26.2 Å². The Labute approximate surface area is 209 Å². The summed E-state index contributed by atoms with van der Waals surface area (Å²) in [7, 11) is -1.03. The second-order valence-corrected chi connectivity index (χ2v) is 10.3. The number of methoxy groups -OCH3 is 2. The van der Waals surface area contributed by atoms with Crippen molar-refractivity contribution in [1.82, 2.24) is 10.2 Å². The van der Waals surface area contributed by atoms with Gasteiger partial charge in [-0.25, -0.2) is 8.42 Å². The maximum absolute atomic E-state index is 13.5. The molecule has 2 aromatic carbocycles. The fourth-order valence-electron chi connectivity index (χ4n) is 3.28. The molecule has 0 aliphatic carbocycles. The van der Waals surface area contributed by atoms with E-state index in [4.69, 9.17) is 9.47 Å². The standard InChI is InChI=1S/C23H30BrN3O6S/c1-6-25-23(29)16(2)26(14-17-7-9-18(24)10-8-17)22(28)15-27(34(5,30)31)20-13-19(32-3)11-12-21(20)33-4/h7-13,16H,6,14-15H2,1-5H3,(H,25,29). The molecular weight excluding hydrogens is 526 g/mol. The SMILES string of the molecule is CCNC(=O)C(C)N(Cc1ccc(Br)cc1)C(=O)CN(c1cc(OC)ccc1OC)S(C)(=O)=O. The van der Waals surface area contributed by atoms with E-state index < -0.39 is 28.5 Å². The maximum Gasteiger partial charge on any atom is 0.244 e. The molecule has 1 atom stereocenters. The number of carbonyl (C=O) groups excluding carboxylic acids is 2. The Kier molecular flexibility index (Phi) is 9.75. The van der Waals surface area contributed by atoms with Crippen LogP contribution in [0.1, 0.15) is 19.4 Å². The Bertz CT molecular complexity index is 1110. The number of likely N-dealkylation sites (N-methyl/N-ethyl adjacent to an activating group) is 1. The zero-order valence-electron chi connectivity index (χ0n) is 19.9. The van der Waals surface area contributed by atoms with Gasteiger partial charge in [-0.3, -0.25) is 13.9 Å². The van der Waals surface area contributed by atoms with Crippen LogP contribution in [0, 0.1) is 0 Å². The zero-order valence-corrected chi connectivity index (χ0v) is 22.3. The van der Waals surface area contributed by atoms with Gasteiger partial charge in [-0.1, -0.05) is 28.1 Å². The lowest BCUT2D eigenvalue weighted by molar-refractivity contribution is -0.139. The maximum atomic E-state index is 13.5. The average Bonchev–Trinajstić information content (AvgIpc) is 2.80. The highest BCUT2D eigenvalue weighted by Gasteiger charge is 2.31. The van der Waals surface area contributed by atoms with Gasteiger partial charge in [0.1, 0.15) is 24.1 Å². The van der Waals surface area contributed by atoms with Gasteiger partial charge < -0.3 is 19.7 Å². The highest BCUT2D eigenvalue weighted by molar-refractivity contribution is 9.10. The molecule has 34 heavy (non-hydrogen) atoms. The molecule has 2 rings (SSSR count). The first-order valence-electron chi connectivity index (χ1n) is 10.5. The van der Waals surface area contributed by atoms with E-state index >= 15 is 0 Å². The topological polar surface area (TPSA) is 105 Å². The molecule has 0 bridgehead atoms. The summed E-state index contributed by atoms with van der Waals surface area (Å²) in [6.07, 6.45) is 1.01. The predicted molar refractivity (Wildman–Crippen MR) is 135 cm³/mol. The van der Waals surface area contributed by atoms with E-state index in [-0.39, 0.29) is 23.9 Å². The molecule has 0 aromatic heterocycles. The molecule has 0 saturated heterocycles. The smallest absolute Gasteiger partial charge is 0.244 e. The third kappa shape index (κ3) is 7.10. The molecular formula is C23H30BrN3O6S. The van der Waals surface area contributed by atoms with E-state index in [1.54, 1.807) is 26.0 Å². The molecule has 186 valence electrons. The fourth-order valence-corrected chi connectivity index (χ4v) is 4.39. The number of ether oxygens (including phenoxy) is 2. The van der Waals surface area contributed by atoms with Crippen molar-refractivity contribution < 1.29 is 27.5 Å². The lowest BCUT2D eigenvalue weighted by Crippen LogP contribution is -2.51. The molecule has 1 N–H and O–H groups in total. The molecule has 1 unspecified atom stereocenters. The van der Waals surface area contributed by atoms with Crippen molar-refractivity contribution in [2.45, 2.75) is 26.4 Å². The van der Waals surface area contributed by atoms with Crippen molar-refractivity contribution in [3.8, 4) is 11.5 Å². The normalized spacial score (nSPS) is 11.9. The molecule has 9 nitrogen and oxygen atoms in total. The van der Waals surface area contributed by atoms with Gasteiger partial charge >= 0.3 is 0 Å². The number of rotatable bonds is 11. The Morgan fingerprint density at radius 2 is 1.74 bits per heavy atom. The molecule has 0 aliphatic heterocycles. The zero-order chi connectivity index (χ0) is 25.5. The van der Waals surface area contributed by atoms with E-state index in [9.17, 15) is 18.0 Å². The Hall–Kier alpha value is -2.79. The summed E-state index contributed by atoms with van der Waals surface area (Å²) < 4.78 is 37.9. The number of amides is 2. The van der Waals surface area contributed by atoms with Gasteiger partial charge in [-0.2, -0.15) is 0 Å². The van der Waals surface area contributed by atoms with E-state index in [1.807, 2.05) is 24.3 Å². The predicted octanol–water partition coefficient (Wildman–Crippen LogP) is 2.79. The van der Waals surface area contributed by atoms with Crippen molar-refractivity contribution in [2.24, 2.45) is 0 Å². The number of halogens is 1. The van der Waals surface area contributed by atoms with Gasteiger partial charge in [-0.05, 0) is 43.7 Å². The number of nitrogens with zero attached hydrogens (tertiary/aromatic N) is 2. The van der Waals surface area contributed by atoms with Crippen molar-refractivity contribution >= 4 is 43.5 Å². The largest absolute Gasteiger partial charge is 0.497 e. The van der Waals surface area contributed by atoms with E-state index in [1.165, 1.54) is 25.2 Å². The van der Waals surface area contributed by atoms with E-state index in [0.29, 0.717) is 12.3 Å². The summed E-state index contributed by atoms with van der Waals surface area (Å²) >= 11 is 3.38. The summed E-state index contributed by atoms with van der Waals surface area (Å²) in [5.41, 5.74) is 0.949. The van der Waals surface area contributed by atoms with Gasteiger partial charge in [0.05, 0.1) is 26.2 Å². The highest BCUT2D eigenvalue weighted by atomic mass is 79.9. The summed E-state index contributed by atoms with van der Waals surface area (Å²) in [6, 6.07) is 11.2. The first kappa shape index (κ1) is 27.5. The van der Waals surface area contributed by atoms with Crippen LogP contribution in [0.2, 0.25) is 0 Å². The molecule has 0 saturated carbocycles. The van der Waals surface area contributed by atoms with Crippen molar-refractivity contribution in [3.05, 3.63) is 52.5 Å². The number of hydrogen-bond acceptors (Lipinski definition) is 6. The first-order chi connectivity index (χ1) is 16.0. The third-order valence-electron chi connectivity index (χ3n) is 5.12. The number of anilines is 1. The quantitative estimate of drug-likeness (QED) is 0.457. The van der Waals surface area contributed by atoms with Crippen LogP contribution >= 0.6 is 15.9 Å². The number of nitrogens with one attached hydrogen (secondary N) is 1. The average molecular weight is 556 g/mol. The van der Waals surface area contributed by atoms with Crippen LogP contribution in [-0.4, -0.2) is 64.7 Å². The van der Waals surface area contributed by atoms with Crippen molar-refractivity contribution in [1.29, 1.82) is 0 Å². The number of sulfonamides is 1. The second-order valence-electron chi connectivity index (χ2n) is 7.53. The molecule has 0 spiro atoms. The van der Waals surface area contributed by atoms with Gasteiger partial charge in [-0.15, -0.1) is 0 Å². The Morgan fingerprint density at radius 1 is 1.09 bits per heavy atom. The van der Waals surface area contributed by atoms with Crippen LogP contribution in [0.5, 0.6) is 11.5 Å². The van der Waals surface area contributed by atoms with Crippen LogP contribution in [0.3, 0.4) is 0 Å². The Morgan fingerprint density at radius 3 is 2.26 bits per heavy atom. The second kappa shape index (κ2) is 12.1. The Balaban J connectivity index is 2.47. The molecule has 11 heteroatoms. The van der Waals surface area contributed by atoms with Gasteiger partial charge in [0, 0.05) is 23.6 Å². The molecule has 0 aliphatic rings. The number of hydrogen-bond donors (Lipinski definition) is 1. The third-order valence-corrected chi connectivity index (χ3v) is 6.77. The minimum Gasteiger partial charge on any atom is -0.497 e. The lowest BCUT2D eigenvalue weighted by atomic mass is 10.1. The summed E-state index contributed by atoms with van der Waals surface area (Å²) in [5, 5.41) is 2.72. The van der Waals surface area contributed by atoms with Crippen LogP contribution in [0.4, 0.5) is 5.69 Å². The van der Waals surface area contributed by atoms with Gasteiger partial charge in [0.15, 0.2) is 0 Å². The first-order valence-corrected chi connectivity index (χ1v) is 13.2. The monoisotopic (exact) mass is 555 g/mol. The van der Waals surface area contributed by atoms with Crippen LogP contribution < -0.4 is 19.1 Å². The lowest BCUT2D eigenvalue weighted by Gasteiger charge is -2.31. The van der Waals surface area contributed by atoms with E-state index in [2.05, 4.69) is 21.2 Å². The highest BCUT2D eigenvalue weighted by Crippen LogP contribution is 2.34. The minimum absolute atomic E-state index is 0.122. The van der Waals surface area contributed by atoms with Crippen molar-refractivity contribution in [3.63, 3.8) is 0 Å². The summed E-state index contributed by atoms with van der Waals surface area (Å²) in [5.74, 6) is -0.218. The van der Waals surface area contributed by atoms with Crippen LogP contribution in [0.15, 0.2) is 46.9 Å². The number of carbonyl (C=O) groups is 2. The molecule has 2 aromatic rings. The summed E-state index contributed by atoms with van der Waals surface area (Å²) in [4.78, 5) is 27.5. The molecule has 0 radical (unpaired) electrons. The van der Waals surface area contributed by atoms with Crippen LogP contribution in [0.25, 0.3) is 0 Å². The minimum atomic E-state index is -3.90. The fraction of sp³-hybridized carbons (Fsp3) is 0.391. The molecule has 2 amide bonds. The summed E-state index contributed by atoms with van der Waals surface area (Å²) in [6.45, 7) is 3.39. The molecule has 0 heterocycles.